The Balaban J connectivity index is 1.65. The second-order valence-electron chi connectivity index (χ2n) is 6.62. The number of nitrogens with one attached hydrogen (secondary N) is 1. The highest BCUT2D eigenvalue weighted by Crippen LogP contribution is 2.33. The number of hydrogen-bond donors (Lipinski definition) is 3. The molecule has 4 rings (SSSR count). The van der Waals surface area contributed by atoms with Gasteiger partial charge in [0.15, 0.2) is 11.5 Å². The molecule has 1 aliphatic rings. The Kier molecular flexibility index (Phi) is 4.49. The molecule has 1 aliphatic heterocycles. The van der Waals surface area contributed by atoms with Crippen LogP contribution in [-0.2, 0) is 6.42 Å². The fourth-order valence-corrected chi connectivity index (χ4v) is 3.62. The van der Waals surface area contributed by atoms with Crippen LogP contribution in [0, 0.1) is 0 Å². The Labute approximate surface area is 157 Å². The summed E-state index contributed by atoms with van der Waals surface area (Å²) in [6.07, 6.45) is 0.504. The van der Waals surface area contributed by atoms with Gasteiger partial charge in [-0.1, -0.05) is 6.07 Å². The van der Waals surface area contributed by atoms with Crippen LogP contribution in [-0.4, -0.2) is 41.7 Å². The molecule has 2 heterocycles. The molecule has 2 aromatic carbocycles. The number of aromatic hydroxyl groups is 1. The molecule has 1 unspecified atom stereocenters. The van der Waals surface area contributed by atoms with E-state index in [1.165, 1.54) is 24.1 Å². The number of rotatable bonds is 5. The number of fused-ring (bicyclic) bond motifs is 3. The van der Waals surface area contributed by atoms with Crippen LogP contribution in [0.5, 0.6) is 17.2 Å². The van der Waals surface area contributed by atoms with E-state index in [-0.39, 0.29) is 5.75 Å². The van der Waals surface area contributed by atoms with Gasteiger partial charge in [0.25, 0.3) is 0 Å². The molecular formula is C21H22N2O4. The molecule has 0 aliphatic carbocycles. The average Bonchev–Trinajstić information content (AvgIpc) is 3.07. The van der Waals surface area contributed by atoms with Crippen LogP contribution in [0.1, 0.15) is 29.3 Å². The topological polar surface area (TPSA) is 87.1 Å². The van der Waals surface area contributed by atoms with Crippen LogP contribution in [0.2, 0.25) is 0 Å². The van der Waals surface area contributed by atoms with Gasteiger partial charge in [-0.05, 0) is 41.8 Å². The number of phenolic OH excluding ortho intramolecular Hbond substituents is 1. The van der Waals surface area contributed by atoms with E-state index in [1.54, 1.807) is 19.2 Å². The second-order valence-corrected chi connectivity index (χ2v) is 6.62. The summed E-state index contributed by atoms with van der Waals surface area (Å²) in [5, 5.41) is 21.6. The maximum absolute atomic E-state index is 10.7. The number of aliphatic hydroxyl groups is 1. The van der Waals surface area contributed by atoms with Crippen LogP contribution in [0.4, 0.5) is 0 Å². The van der Waals surface area contributed by atoms with E-state index in [1.807, 2.05) is 12.1 Å². The maximum atomic E-state index is 10.7. The van der Waals surface area contributed by atoms with Crippen molar-refractivity contribution in [2.45, 2.75) is 18.9 Å². The quantitative estimate of drug-likeness (QED) is 0.646. The van der Waals surface area contributed by atoms with Crippen LogP contribution in [0.15, 0.2) is 41.4 Å². The molecule has 1 atom stereocenters. The SMILES string of the molecule is COc1ccc2c3c([nH]c2c1)C(CC(O)c1ccc(O)c(OC)c1)=NCC3. The largest absolute Gasteiger partial charge is 0.504 e. The number of methoxy groups -OCH3 is 2. The van der Waals surface area contributed by atoms with E-state index >= 15 is 0 Å². The third kappa shape index (κ3) is 3.13. The number of H-pyrrole nitrogens is 1. The van der Waals surface area contributed by atoms with Crippen molar-refractivity contribution < 1.29 is 19.7 Å². The minimum absolute atomic E-state index is 0.0512. The first-order valence-corrected chi connectivity index (χ1v) is 8.88. The summed E-state index contributed by atoms with van der Waals surface area (Å²) in [4.78, 5) is 8.09. The van der Waals surface area contributed by atoms with Gasteiger partial charge in [-0.15, -0.1) is 0 Å². The van der Waals surface area contributed by atoms with E-state index in [4.69, 9.17) is 9.47 Å². The van der Waals surface area contributed by atoms with E-state index in [0.717, 1.165) is 29.1 Å². The molecule has 1 aromatic heterocycles. The second kappa shape index (κ2) is 6.96. The van der Waals surface area contributed by atoms with Crippen LogP contribution in [0.3, 0.4) is 0 Å². The Hall–Kier alpha value is -2.99. The third-order valence-electron chi connectivity index (χ3n) is 5.04. The van der Waals surface area contributed by atoms with Crippen molar-refractivity contribution >= 4 is 16.6 Å². The fraction of sp³-hybridized carbons (Fsp3) is 0.286. The molecular weight excluding hydrogens is 344 g/mol. The molecule has 0 amide bonds. The van der Waals surface area contributed by atoms with Crippen LogP contribution < -0.4 is 9.47 Å². The third-order valence-corrected chi connectivity index (χ3v) is 5.04. The Bertz CT molecular complexity index is 1020. The first-order valence-electron chi connectivity index (χ1n) is 8.88. The van der Waals surface area contributed by atoms with Gasteiger partial charge in [0.05, 0.1) is 31.7 Å². The number of hydrogen-bond acceptors (Lipinski definition) is 5. The number of ether oxygens (including phenoxy) is 2. The van der Waals surface area contributed by atoms with E-state index in [2.05, 4.69) is 16.0 Å². The van der Waals surface area contributed by atoms with Crippen molar-refractivity contribution in [1.29, 1.82) is 0 Å². The molecule has 3 aromatic rings. The molecule has 0 fully saturated rings. The van der Waals surface area contributed by atoms with E-state index < -0.39 is 6.10 Å². The number of aromatic nitrogens is 1. The van der Waals surface area contributed by atoms with Gasteiger partial charge >= 0.3 is 0 Å². The molecule has 0 saturated heterocycles. The van der Waals surface area contributed by atoms with Crippen molar-refractivity contribution in [3.8, 4) is 17.2 Å². The zero-order valence-electron chi connectivity index (χ0n) is 15.3. The van der Waals surface area contributed by atoms with Crippen molar-refractivity contribution in [3.63, 3.8) is 0 Å². The smallest absolute Gasteiger partial charge is 0.160 e. The lowest BCUT2D eigenvalue weighted by molar-refractivity contribution is 0.185. The predicted molar refractivity (Wildman–Crippen MR) is 104 cm³/mol. The van der Waals surface area contributed by atoms with Crippen LogP contribution >= 0.6 is 0 Å². The van der Waals surface area contributed by atoms with E-state index in [0.29, 0.717) is 24.3 Å². The van der Waals surface area contributed by atoms with E-state index in [9.17, 15) is 10.2 Å². The Morgan fingerprint density at radius 3 is 2.78 bits per heavy atom. The van der Waals surface area contributed by atoms with Crippen molar-refractivity contribution in [2.75, 3.05) is 20.8 Å². The van der Waals surface area contributed by atoms with Crippen molar-refractivity contribution in [1.82, 2.24) is 4.98 Å². The predicted octanol–water partition coefficient (Wildman–Crippen LogP) is 3.36. The average molecular weight is 366 g/mol. The minimum Gasteiger partial charge on any atom is -0.504 e. The minimum atomic E-state index is -0.745. The van der Waals surface area contributed by atoms with Gasteiger partial charge in [0.1, 0.15) is 5.75 Å². The van der Waals surface area contributed by atoms with Gasteiger partial charge in [0, 0.05) is 29.9 Å². The van der Waals surface area contributed by atoms with Gasteiger partial charge in [0.2, 0.25) is 0 Å². The molecule has 6 nitrogen and oxygen atoms in total. The highest BCUT2D eigenvalue weighted by atomic mass is 16.5. The standard InChI is InChI=1S/C21H22N2O4/c1-26-13-4-5-14-15-7-8-22-17(21(15)23-16(14)10-13)11-19(25)12-3-6-18(24)20(9-12)27-2/h3-6,9-10,19,23-25H,7-8,11H2,1-2H3. The molecule has 140 valence electrons. The number of nitrogens with zero attached hydrogens (tertiary/aromatic N) is 1. The monoisotopic (exact) mass is 366 g/mol. The highest BCUT2D eigenvalue weighted by molar-refractivity contribution is 6.06. The lowest BCUT2D eigenvalue weighted by Crippen LogP contribution is -2.15. The molecule has 0 bridgehead atoms. The van der Waals surface area contributed by atoms with Crippen LogP contribution in [0.25, 0.3) is 10.9 Å². The first kappa shape index (κ1) is 17.4. The molecule has 3 N–H and O–H groups in total. The molecule has 27 heavy (non-hydrogen) atoms. The Morgan fingerprint density at radius 2 is 2.00 bits per heavy atom. The summed E-state index contributed by atoms with van der Waals surface area (Å²) in [6, 6.07) is 10.9. The number of aromatic amines is 1. The lowest BCUT2D eigenvalue weighted by atomic mass is 9.96. The molecule has 0 spiro atoms. The Morgan fingerprint density at radius 1 is 1.15 bits per heavy atom. The summed E-state index contributed by atoms with van der Waals surface area (Å²) >= 11 is 0. The zero-order valence-corrected chi connectivity index (χ0v) is 15.3. The first-order chi connectivity index (χ1) is 13.1. The van der Waals surface area contributed by atoms with Crippen molar-refractivity contribution in [2.24, 2.45) is 4.99 Å². The summed E-state index contributed by atoms with van der Waals surface area (Å²) in [7, 11) is 3.14. The number of benzene rings is 2. The summed E-state index contributed by atoms with van der Waals surface area (Å²) in [5.41, 5.74) is 4.75. The summed E-state index contributed by atoms with van der Waals surface area (Å²) < 4.78 is 10.4. The molecule has 0 saturated carbocycles. The number of aliphatic hydroxyl groups excluding tert-OH is 1. The molecule has 6 heteroatoms. The maximum Gasteiger partial charge on any atom is 0.160 e. The lowest BCUT2D eigenvalue weighted by Gasteiger charge is -2.17. The zero-order chi connectivity index (χ0) is 19.0. The van der Waals surface area contributed by atoms with Crippen molar-refractivity contribution in [3.05, 3.63) is 53.2 Å². The summed E-state index contributed by atoms with van der Waals surface area (Å²) in [5.74, 6) is 1.20. The normalized spacial score (nSPS) is 14.6. The fourth-order valence-electron chi connectivity index (χ4n) is 3.62. The van der Waals surface area contributed by atoms with Gasteiger partial charge < -0.3 is 24.7 Å². The summed E-state index contributed by atoms with van der Waals surface area (Å²) in [6.45, 7) is 0.701. The van der Waals surface area contributed by atoms with Gasteiger partial charge in [-0.25, -0.2) is 0 Å². The van der Waals surface area contributed by atoms with Gasteiger partial charge in [-0.2, -0.15) is 0 Å². The highest BCUT2D eigenvalue weighted by Gasteiger charge is 2.23. The number of phenols is 1. The molecule has 0 radical (unpaired) electrons. The number of aliphatic imine (C=N–C) groups is 1. The van der Waals surface area contributed by atoms with Gasteiger partial charge in [-0.3, -0.25) is 4.99 Å².